The minimum absolute atomic E-state index is 0.115. The highest BCUT2D eigenvalue weighted by atomic mass is 16.5. The first-order valence-corrected chi connectivity index (χ1v) is 8.23. The van der Waals surface area contributed by atoms with E-state index < -0.39 is 0 Å². The van der Waals surface area contributed by atoms with Crippen LogP contribution in [0.15, 0.2) is 42.5 Å². The summed E-state index contributed by atoms with van der Waals surface area (Å²) in [5.41, 5.74) is 8.45. The van der Waals surface area contributed by atoms with E-state index in [9.17, 15) is 0 Å². The van der Waals surface area contributed by atoms with E-state index in [-0.39, 0.29) is 6.04 Å². The number of hydrogen-bond donors (Lipinski definition) is 1. The van der Waals surface area contributed by atoms with Crippen LogP contribution < -0.4 is 19.9 Å². The summed E-state index contributed by atoms with van der Waals surface area (Å²) in [6, 6.07) is 13.7. The van der Waals surface area contributed by atoms with Crippen molar-refractivity contribution in [3.63, 3.8) is 0 Å². The number of benzene rings is 2. The molecule has 0 unspecified atom stereocenters. The molecule has 0 fully saturated rings. The van der Waals surface area contributed by atoms with E-state index in [1.807, 2.05) is 42.5 Å². The largest absolute Gasteiger partial charge is 0.493 e. The lowest BCUT2D eigenvalue weighted by atomic mass is 9.96. The van der Waals surface area contributed by atoms with Gasteiger partial charge >= 0.3 is 0 Å². The van der Waals surface area contributed by atoms with Gasteiger partial charge in [-0.1, -0.05) is 44.2 Å². The number of methoxy groups -OCH3 is 2. The minimum Gasteiger partial charge on any atom is -0.493 e. The van der Waals surface area contributed by atoms with Crippen LogP contribution >= 0.6 is 0 Å². The molecule has 2 aromatic carbocycles. The number of nitrogens with two attached hydrogens (primary N) is 1. The minimum atomic E-state index is -0.115. The summed E-state index contributed by atoms with van der Waals surface area (Å²) in [5.74, 6) is 2.54. The highest BCUT2D eigenvalue weighted by Crippen LogP contribution is 2.38. The Morgan fingerprint density at radius 2 is 1.54 bits per heavy atom. The zero-order chi connectivity index (χ0) is 17.5. The summed E-state index contributed by atoms with van der Waals surface area (Å²) < 4.78 is 16.9. The molecule has 2 aromatic rings. The number of ether oxygens (including phenoxy) is 3. The van der Waals surface area contributed by atoms with Crippen molar-refractivity contribution in [2.45, 2.75) is 32.9 Å². The molecule has 2 N–H and O–H groups in total. The van der Waals surface area contributed by atoms with Crippen molar-refractivity contribution in [1.29, 1.82) is 0 Å². The summed E-state index contributed by atoms with van der Waals surface area (Å²) >= 11 is 0. The zero-order valence-electron chi connectivity index (χ0n) is 14.9. The van der Waals surface area contributed by atoms with Gasteiger partial charge in [0.1, 0.15) is 12.4 Å². The van der Waals surface area contributed by atoms with Crippen LogP contribution in [0.1, 0.15) is 37.4 Å². The second-order valence-corrected chi connectivity index (χ2v) is 6.26. The molecular formula is C20H27NO3. The van der Waals surface area contributed by atoms with Gasteiger partial charge in [-0.3, -0.25) is 0 Å². The third kappa shape index (κ3) is 4.65. The van der Waals surface area contributed by atoms with E-state index in [4.69, 9.17) is 19.9 Å². The van der Waals surface area contributed by atoms with Gasteiger partial charge in [0.05, 0.1) is 14.2 Å². The van der Waals surface area contributed by atoms with Crippen LogP contribution in [0.25, 0.3) is 0 Å². The maximum Gasteiger partial charge on any atom is 0.164 e. The number of rotatable bonds is 8. The predicted molar refractivity (Wildman–Crippen MR) is 96.7 cm³/mol. The van der Waals surface area contributed by atoms with Crippen molar-refractivity contribution in [1.82, 2.24) is 0 Å². The van der Waals surface area contributed by atoms with Crippen molar-refractivity contribution in [2.75, 3.05) is 14.2 Å². The molecule has 0 heterocycles. The first-order valence-electron chi connectivity index (χ1n) is 8.23. The molecule has 0 bridgehead atoms. The van der Waals surface area contributed by atoms with Gasteiger partial charge in [0.25, 0.3) is 0 Å². The third-order valence-corrected chi connectivity index (χ3v) is 3.88. The van der Waals surface area contributed by atoms with Crippen molar-refractivity contribution in [3.05, 3.63) is 53.6 Å². The monoisotopic (exact) mass is 329 g/mol. The topological polar surface area (TPSA) is 53.7 Å². The summed E-state index contributed by atoms with van der Waals surface area (Å²) in [6.45, 7) is 4.80. The quantitative estimate of drug-likeness (QED) is 0.783. The normalized spacial score (nSPS) is 12.1. The second-order valence-electron chi connectivity index (χ2n) is 6.26. The van der Waals surface area contributed by atoms with Crippen molar-refractivity contribution in [2.24, 2.45) is 11.7 Å². The van der Waals surface area contributed by atoms with Gasteiger partial charge in [0.15, 0.2) is 11.5 Å². The summed E-state index contributed by atoms with van der Waals surface area (Å²) in [5, 5.41) is 0. The van der Waals surface area contributed by atoms with E-state index in [0.29, 0.717) is 24.0 Å². The molecule has 0 aliphatic rings. The van der Waals surface area contributed by atoms with Crippen LogP contribution in [-0.4, -0.2) is 14.2 Å². The fraction of sp³-hybridized carbons (Fsp3) is 0.400. The molecule has 2 rings (SSSR count). The second kappa shape index (κ2) is 8.60. The molecule has 4 nitrogen and oxygen atoms in total. The van der Waals surface area contributed by atoms with Crippen LogP contribution in [-0.2, 0) is 6.61 Å². The van der Waals surface area contributed by atoms with E-state index in [1.165, 1.54) is 0 Å². The standard InChI is InChI=1S/C20H27NO3/c1-14(2)10-17(21)16-11-19(22-3)20(23-4)12-18(16)24-13-15-8-6-5-7-9-15/h5-9,11-12,14,17H,10,13,21H2,1-4H3/t17-/m1/s1. The van der Waals surface area contributed by atoms with Gasteiger partial charge in [-0.05, 0) is 24.0 Å². The molecule has 0 saturated heterocycles. The first kappa shape index (κ1) is 18.1. The first-order chi connectivity index (χ1) is 11.5. The maximum absolute atomic E-state index is 6.40. The van der Waals surface area contributed by atoms with Crippen LogP contribution in [0.5, 0.6) is 17.2 Å². The van der Waals surface area contributed by atoms with Gasteiger partial charge in [-0.2, -0.15) is 0 Å². The van der Waals surface area contributed by atoms with Crippen molar-refractivity contribution >= 4 is 0 Å². The Kier molecular flexibility index (Phi) is 6.50. The fourth-order valence-corrected chi connectivity index (χ4v) is 2.66. The smallest absolute Gasteiger partial charge is 0.164 e. The highest BCUT2D eigenvalue weighted by Gasteiger charge is 2.18. The molecule has 130 valence electrons. The summed E-state index contributed by atoms with van der Waals surface area (Å²) in [4.78, 5) is 0. The van der Waals surface area contributed by atoms with Gasteiger partial charge in [-0.25, -0.2) is 0 Å². The molecule has 1 atom stereocenters. The Labute approximate surface area is 144 Å². The van der Waals surface area contributed by atoms with Gasteiger partial charge in [0, 0.05) is 17.7 Å². The van der Waals surface area contributed by atoms with Crippen molar-refractivity contribution in [3.8, 4) is 17.2 Å². The van der Waals surface area contributed by atoms with Crippen LogP contribution in [0.2, 0.25) is 0 Å². The highest BCUT2D eigenvalue weighted by molar-refractivity contribution is 5.51. The lowest BCUT2D eigenvalue weighted by molar-refractivity contribution is 0.293. The maximum atomic E-state index is 6.40. The van der Waals surface area contributed by atoms with E-state index >= 15 is 0 Å². The molecule has 24 heavy (non-hydrogen) atoms. The average molecular weight is 329 g/mol. The molecular weight excluding hydrogens is 302 g/mol. The summed E-state index contributed by atoms with van der Waals surface area (Å²) in [6.07, 6.45) is 0.872. The van der Waals surface area contributed by atoms with E-state index in [1.54, 1.807) is 14.2 Å². The Morgan fingerprint density at radius 1 is 0.917 bits per heavy atom. The predicted octanol–water partition coefficient (Wildman–Crippen LogP) is 4.33. The van der Waals surface area contributed by atoms with Crippen LogP contribution in [0.3, 0.4) is 0 Å². The molecule has 0 aliphatic heterocycles. The van der Waals surface area contributed by atoms with Gasteiger partial charge in [-0.15, -0.1) is 0 Å². The average Bonchev–Trinajstić information content (AvgIpc) is 2.59. The lowest BCUT2D eigenvalue weighted by Crippen LogP contribution is -2.15. The zero-order valence-corrected chi connectivity index (χ0v) is 14.9. The fourth-order valence-electron chi connectivity index (χ4n) is 2.66. The molecule has 0 amide bonds. The Bertz CT molecular complexity index is 641. The number of hydrogen-bond acceptors (Lipinski definition) is 4. The molecule has 0 radical (unpaired) electrons. The van der Waals surface area contributed by atoms with Gasteiger partial charge in [0.2, 0.25) is 0 Å². The molecule has 4 heteroatoms. The molecule has 0 saturated carbocycles. The summed E-state index contributed by atoms with van der Waals surface area (Å²) in [7, 11) is 3.24. The SMILES string of the molecule is COc1cc(OCc2ccccc2)c([C@H](N)CC(C)C)cc1OC. The van der Waals surface area contributed by atoms with Crippen LogP contribution in [0.4, 0.5) is 0 Å². The van der Waals surface area contributed by atoms with Crippen LogP contribution in [0, 0.1) is 5.92 Å². The Morgan fingerprint density at radius 3 is 2.12 bits per heavy atom. The lowest BCUT2D eigenvalue weighted by Gasteiger charge is -2.21. The third-order valence-electron chi connectivity index (χ3n) is 3.88. The Balaban J connectivity index is 2.31. The molecule has 0 aromatic heterocycles. The van der Waals surface area contributed by atoms with Gasteiger partial charge < -0.3 is 19.9 Å². The molecule has 0 aliphatic carbocycles. The van der Waals surface area contributed by atoms with E-state index in [2.05, 4.69) is 13.8 Å². The van der Waals surface area contributed by atoms with E-state index in [0.717, 1.165) is 23.3 Å². The Hall–Kier alpha value is -2.20. The molecule has 0 spiro atoms. The van der Waals surface area contributed by atoms with Crippen molar-refractivity contribution < 1.29 is 14.2 Å².